The summed E-state index contributed by atoms with van der Waals surface area (Å²) in [6.07, 6.45) is 2.43. The molecule has 3 rings (SSSR count). The lowest BCUT2D eigenvalue weighted by molar-refractivity contribution is -0.0216. The van der Waals surface area contributed by atoms with Crippen LogP contribution in [0.1, 0.15) is 24.3 Å². The third kappa shape index (κ3) is 3.15. The van der Waals surface area contributed by atoms with E-state index in [9.17, 15) is 9.50 Å². The standard InChI is InChI=1S/C17H21FN2O3/c1-22-11-3-4-15-12(6-11)17(14(18)7-20-15)13(8-21)16-5-2-10(19)9-23-16/h3-4,6-7,10,13,16,21H,2,5,8-9,19H2,1H3/t10-,13+,16+/m1/s1. The predicted molar refractivity (Wildman–Crippen MR) is 85.0 cm³/mol. The molecule has 1 saturated heterocycles. The Morgan fingerprint density at radius 1 is 1.48 bits per heavy atom. The molecule has 2 aromatic rings. The molecule has 3 atom stereocenters. The molecule has 0 bridgehead atoms. The minimum absolute atomic E-state index is 0.00437. The number of fused-ring (bicyclic) bond motifs is 1. The summed E-state index contributed by atoms with van der Waals surface area (Å²) in [6.45, 7) is 0.224. The van der Waals surface area contributed by atoms with Crippen molar-refractivity contribution in [2.24, 2.45) is 5.73 Å². The molecule has 3 N–H and O–H groups in total. The topological polar surface area (TPSA) is 77.6 Å². The van der Waals surface area contributed by atoms with Crippen molar-refractivity contribution >= 4 is 10.9 Å². The Hall–Kier alpha value is -1.76. The fourth-order valence-corrected chi connectivity index (χ4v) is 3.18. The number of pyridine rings is 1. The van der Waals surface area contributed by atoms with Gasteiger partial charge in [-0.2, -0.15) is 0 Å². The van der Waals surface area contributed by atoms with Crippen molar-refractivity contribution in [1.29, 1.82) is 0 Å². The average molecular weight is 320 g/mol. The van der Waals surface area contributed by atoms with Gasteiger partial charge >= 0.3 is 0 Å². The number of aromatic nitrogens is 1. The quantitative estimate of drug-likeness (QED) is 0.900. The van der Waals surface area contributed by atoms with Gasteiger partial charge in [-0.25, -0.2) is 4.39 Å². The van der Waals surface area contributed by atoms with Gasteiger partial charge in [0.15, 0.2) is 0 Å². The molecule has 1 fully saturated rings. The molecule has 23 heavy (non-hydrogen) atoms. The van der Waals surface area contributed by atoms with Crippen molar-refractivity contribution in [3.63, 3.8) is 0 Å². The van der Waals surface area contributed by atoms with Crippen LogP contribution in [0.25, 0.3) is 10.9 Å². The normalized spacial score (nSPS) is 23.0. The number of rotatable bonds is 4. The Bertz CT molecular complexity index is 687. The lowest BCUT2D eigenvalue weighted by atomic mass is 9.87. The third-order valence-electron chi connectivity index (χ3n) is 4.43. The van der Waals surface area contributed by atoms with Crippen molar-refractivity contribution in [3.8, 4) is 5.75 Å². The number of methoxy groups -OCH3 is 1. The van der Waals surface area contributed by atoms with Crippen LogP contribution >= 0.6 is 0 Å². The maximum atomic E-state index is 14.5. The van der Waals surface area contributed by atoms with E-state index in [0.29, 0.717) is 35.2 Å². The molecule has 0 saturated carbocycles. The SMILES string of the molecule is COc1ccc2ncc(F)c([C@@H](CO)[C@@H]3CC[C@@H](N)CO3)c2c1. The summed E-state index contributed by atoms with van der Waals surface area (Å²) in [5.74, 6) is -0.280. The summed E-state index contributed by atoms with van der Waals surface area (Å²) in [6, 6.07) is 5.31. The maximum Gasteiger partial charge on any atom is 0.145 e. The van der Waals surface area contributed by atoms with Crippen LogP contribution < -0.4 is 10.5 Å². The smallest absolute Gasteiger partial charge is 0.145 e. The third-order valence-corrected chi connectivity index (χ3v) is 4.43. The van der Waals surface area contributed by atoms with Crippen molar-refractivity contribution in [2.75, 3.05) is 20.3 Å². The van der Waals surface area contributed by atoms with Crippen LogP contribution in [0.15, 0.2) is 24.4 Å². The lowest BCUT2D eigenvalue weighted by Gasteiger charge is -2.32. The van der Waals surface area contributed by atoms with Gasteiger partial charge in [-0.3, -0.25) is 4.98 Å². The highest BCUT2D eigenvalue weighted by atomic mass is 19.1. The van der Waals surface area contributed by atoms with Gasteiger partial charge in [0.05, 0.1) is 38.1 Å². The van der Waals surface area contributed by atoms with E-state index < -0.39 is 11.7 Å². The monoisotopic (exact) mass is 320 g/mol. The van der Waals surface area contributed by atoms with E-state index in [4.69, 9.17) is 15.2 Å². The number of benzene rings is 1. The molecule has 6 heteroatoms. The summed E-state index contributed by atoms with van der Waals surface area (Å²) in [5, 5.41) is 10.5. The summed E-state index contributed by atoms with van der Waals surface area (Å²) in [4.78, 5) is 4.12. The van der Waals surface area contributed by atoms with Crippen LogP contribution in [0.5, 0.6) is 5.75 Å². The highest BCUT2D eigenvalue weighted by Gasteiger charge is 2.31. The van der Waals surface area contributed by atoms with Gasteiger partial charge < -0.3 is 20.3 Å². The van der Waals surface area contributed by atoms with Gasteiger partial charge in [-0.05, 0) is 31.0 Å². The molecule has 5 nitrogen and oxygen atoms in total. The van der Waals surface area contributed by atoms with Crippen LogP contribution in [0, 0.1) is 5.82 Å². The van der Waals surface area contributed by atoms with E-state index in [1.165, 1.54) is 6.20 Å². The Kier molecular flexibility index (Phi) is 4.75. The van der Waals surface area contributed by atoms with Crippen molar-refractivity contribution in [1.82, 2.24) is 4.98 Å². The van der Waals surface area contributed by atoms with Crippen LogP contribution in [0.2, 0.25) is 0 Å². The van der Waals surface area contributed by atoms with E-state index >= 15 is 0 Å². The summed E-state index contributed by atoms with van der Waals surface area (Å²) < 4.78 is 25.5. The van der Waals surface area contributed by atoms with Crippen LogP contribution in [-0.4, -0.2) is 42.6 Å². The van der Waals surface area contributed by atoms with Gasteiger partial charge in [0.2, 0.25) is 0 Å². The Morgan fingerprint density at radius 2 is 2.30 bits per heavy atom. The molecule has 0 amide bonds. The summed E-state index contributed by atoms with van der Waals surface area (Å²) in [5.41, 5.74) is 6.94. The number of hydrogen-bond donors (Lipinski definition) is 2. The molecule has 0 aliphatic carbocycles. The predicted octanol–water partition coefficient (Wildman–Crippen LogP) is 1.96. The van der Waals surface area contributed by atoms with Crippen LogP contribution in [0.4, 0.5) is 4.39 Å². The number of ether oxygens (including phenoxy) is 2. The minimum atomic E-state index is -0.458. The molecule has 1 aliphatic heterocycles. The van der Waals surface area contributed by atoms with E-state index in [2.05, 4.69) is 4.98 Å². The summed E-state index contributed by atoms with van der Waals surface area (Å²) in [7, 11) is 1.56. The number of aliphatic hydroxyl groups excluding tert-OH is 1. The second kappa shape index (κ2) is 6.78. The molecule has 124 valence electrons. The highest BCUT2D eigenvalue weighted by molar-refractivity contribution is 5.84. The van der Waals surface area contributed by atoms with Gasteiger partial charge in [-0.15, -0.1) is 0 Å². The summed E-state index contributed by atoms with van der Waals surface area (Å²) >= 11 is 0. The Morgan fingerprint density at radius 3 is 2.96 bits per heavy atom. The fraction of sp³-hybridized carbons (Fsp3) is 0.471. The van der Waals surface area contributed by atoms with Gasteiger partial charge in [0.1, 0.15) is 11.6 Å². The van der Waals surface area contributed by atoms with Gasteiger partial charge in [0.25, 0.3) is 0 Å². The van der Waals surface area contributed by atoms with E-state index in [0.717, 1.165) is 6.42 Å². The van der Waals surface area contributed by atoms with Crippen molar-refractivity contribution in [3.05, 3.63) is 35.8 Å². The molecular formula is C17H21FN2O3. The Labute approximate surface area is 134 Å². The zero-order chi connectivity index (χ0) is 16.4. The first-order valence-electron chi connectivity index (χ1n) is 7.74. The second-order valence-corrected chi connectivity index (χ2v) is 5.90. The average Bonchev–Trinajstić information content (AvgIpc) is 2.58. The van der Waals surface area contributed by atoms with Crippen molar-refractivity contribution in [2.45, 2.75) is 30.9 Å². The number of halogens is 1. The van der Waals surface area contributed by atoms with Gasteiger partial charge in [0, 0.05) is 22.9 Å². The zero-order valence-electron chi connectivity index (χ0n) is 13.0. The molecule has 0 radical (unpaired) electrons. The fourth-order valence-electron chi connectivity index (χ4n) is 3.18. The zero-order valence-corrected chi connectivity index (χ0v) is 13.0. The molecule has 2 heterocycles. The lowest BCUT2D eigenvalue weighted by Crippen LogP contribution is -2.39. The van der Waals surface area contributed by atoms with Crippen molar-refractivity contribution < 1.29 is 19.0 Å². The largest absolute Gasteiger partial charge is 0.497 e. The first kappa shape index (κ1) is 16.1. The number of hydrogen-bond acceptors (Lipinski definition) is 5. The highest BCUT2D eigenvalue weighted by Crippen LogP contribution is 2.35. The first-order valence-corrected chi connectivity index (χ1v) is 7.74. The second-order valence-electron chi connectivity index (χ2n) is 5.90. The van der Waals surface area contributed by atoms with Crippen LogP contribution in [-0.2, 0) is 4.74 Å². The Balaban J connectivity index is 2.06. The van der Waals surface area contributed by atoms with E-state index in [-0.39, 0.29) is 18.8 Å². The van der Waals surface area contributed by atoms with E-state index in [1.54, 1.807) is 25.3 Å². The first-order chi connectivity index (χ1) is 11.1. The molecule has 1 aromatic carbocycles. The molecule has 0 unspecified atom stereocenters. The molecule has 1 aliphatic rings. The molecular weight excluding hydrogens is 299 g/mol. The van der Waals surface area contributed by atoms with Gasteiger partial charge in [-0.1, -0.05) is 0 Å². The number of aliphatic hydroxyl groups is 1. The molecule has 1 aromatic heterocycles. The minimum Gasteiger partial charge on any atom is -0.497 e. The molecule has 0 spiro atoms. The number of nitrogens with two attached hydrogens (primary N) is 1. The number of nitrogens with zero attached hydrogens (tertiary/aromatic N) is 1. The van der Waals surface area contributed by atoms with E-state index in [1.807, 2.05) is 0 Å². The van der Waals surface area contributed by atoms with Crippen LogP contribution in [0.3, 0.4) is 0 Å². The maximum absolute atomic E-state index is 14.5.